The van der Waals surface area contributed by atoms with E-state index in [1.807, 2.05) is 88.5 Å². The molecule has 1 heterocycles. The number of nitrogens with zero attached hydrogens (tertiary/aromatic N) is 4. The molecule has 0 aliphatic heterocycles. The summed E-state index contributed by atoms with van der Waals surface area (Å²) in [5.41, 5.74) is 1.92. The van der Waals surface area contributed by atoms with Crippen LogP contribution < -0.4 is 5.84 Å². The van der Waals surface area contributed by atoms with Crippen molar-refractivity contribution in [2.75, 3.05) is 18.6 Å². The van der Waals surface area contributed by atoms with E-state index in [4.69, 9.17) is 5.84 Å². The van der Waals surface area contributed by atoms with Crippen molar-refractivity contribution in [3.8, 4) is 0 Å². The number of hydrogen-bond donors (Lipinski definition) is 1. The molecule has 0 aliphatic carbocycles. The van der Waals surface area contributed by atoms with Crippen molar-refractivity contribution in [2.45, 2.75) is 37.4 Å². The van der Waals surface area contributed by atoms with Crippen LogP contribution >= 0.6 is 11.8 Å². The van der Waals surface area contributed by atoms with E-state index in [0.29, 0.717) is 11.0 Å². The molecule has 0 atom stereocenters. The molecule has 152 valence electrons. The molecule has 7 heteroatoms. The van der Waals surface area contributed by atoms with Crippen LogP contribution in [0.1, 0.15) is 43.8 Å². The van der Waals surface area contributed by atoms with Gasteiger partial charge in [-0.25, -0.2) is 4.68 Å². The van der Waals surface area contributed by atoms with Gasteiger partial charge in [-0.3, -0.25) is 4.79 Å². The van der Waals surface area contributed by atoms with E-state index < -0.39 is 0 Å². The first-order valence-corrected chi connectivity index (χ1v) is 10.5. The Labute approximate surface area is 176 Å². The van der Waals surface area contributed by atoms with Gasteiger partial charge in [0, 0.05) is 12.5 Å². The monoisotopic (exact) mass is 409 g/mol. The third kappa shape index (κ3) is 4.79. The van der Waals surface area contributed by atoms with Gasteiger partial charge in [0.05, 0.1) is 11.8 Å². The fourth-order valence-corrected chi connectivity index (χ4v) is 3.95. The van der Waals surface area contributed by atoms with Gasteiger partial charge in [-0.2, -0.15) is 0 Å². The Morgan fingerprint density at radius 3 is 2.00 bits per heavy atom. The Balaban J connectivity index is 1.78. The Bertz CT molecular complexity index is 911. The first-order valence-electron chi connectivity index (χ1n) is 9.48. The van der Waals surface area contributed by atoms with Gasteiger partial charge >= 0.3 is 0 Å². The van der Waals surface area contributed by atoms with E-state index in [2.05, 4.69) is 10.2 Å². The Kier molecular flexibility index (Phi) is 6.27. The van der Waals surface area contributed by atoms with Gasteiger partial charge in [-0.05, 0) is 11.1 Å². The minimum atomic E-state index is -0.215. The summed E-state index contributed by atoms with van der Waals surface area (Å²) >= 11 is 1.30. The number of thioether (sulfide) groups is 1. The summed E-state index contributed by atoms with van der Waals surface area (Å²) in [7, 11) is 1.83. The molecule has 29 heavy (non-hydrogen) atoms. The van der Waals surface area contributed by atoms with Crippen LogP contribution in [-0.4, -0.2) is 38.5 Å². The maximum Gasteiger partial charge on any atom is 0.233 e. The molecule has 0 saturated carbocycles. The molecule has 2 aromatic carbocycles. The lowest BCUT2D eigenvalue weighted by atomic mass is 9.96. The molecule has 2 N–H and O–H groups in total. The lowest BCUT2D eigenvalue weighted by Gasteiger charge is -2.29. The number of rotatable bonds is 6. The van der Waals surface area contributed by atoms with Gasteiger partial charge in [0.1, 0.15) is 0 Å². The quantitative estimate of drug-likeness (QED) is 0.497. The summed E-state index contributed by atoms with van der Waals surface area (Å²) in [6.45, 7) is 6.08. The number of amides is 1. The van der Waals surface area contributed by atoms with Gasteiger partial charge in [-0.15, -0.1) is 10.2 Å². The zero-order chi connectivity index (χ0) is 21.0. The summed E-state index contributed by atoms with van der Waals surface area (Å²) in [4.78, 5) is 14.8. The molecular weight excluding hydrogens is 382 g/mol. The van der Waals surface area contributed by atoms with Gasteiger partial charge < -0.3 is 10.7 Å². The van der Waals surface area contributed by atoms with Crippen LogP contribution in [0.25, 0.3) is 0 Å². The lowest BCUT2D eigenvalue weighted by Crippen LogP contribution is -2.33. The average molecular weight is 410 g/mol. The second-order valence-electron chi connectivity index (χ2n) is 7.94. The zero-order valence-electron chi connectivity index (χ0n) is 17.2. The highest BCUT2D eigenvalue weighted by molar-refractivity contribution is 7.99. The number of benzene rings is 2. The molecule has 6 nitrogen and oxygen atoms in total. The van der Waals surface area contributed by atoms with E-state index in [9.17, 15) is 4.79 Å². The topological polar surface area (TPSA) is 77.0 Å². The first-order chi connectivity index (χ1) is 13.8. The van der Waals surface area contributed by atoms with E-state index in [1.165, 1.54) is 16.4 Å². The van der Waals surface area contributed by atoms with E-state index in [0.717, 1.165) is 11.1 Å². The maximum absolute atomic E-state index is 13.0. The molecule has 0 bridgehead atoms. The number of nitrogen functional groups attached to an aromatic ring is 1. The largest absolute Gasteiger partial charge is 0.336 e. The molecular formula is C22H27N5OS. The number of aromatic nitrogens is 3. The molecule has 0 spiro atoms. The van der Waals surface area contributed by atoms with Gasteiger partial charge in [-0.1, -0.05) is 93.2 Å². The lowest BCUT2D eigenvalue weighted by molar-refractivity contribution is -0.128. The molecule has 3 rings (SSSR count). The van der Waals surface area contributed by atoms with Crippen molar-refractivity contribution in [1.29, 1.82) is 0 Å². The molecule has 0 aliphatic rings. The van der Waals surface area contributed by atoms with Gasteiger partial charge in [0.15, 0.2) is 5.82 Å². The van der Waals surface area contributed by atoms with Gasteiger partial charge in [0.25, 0.3) is 0 Å². The minimum absolute atomic E-state index is 0.00647. The van der Waals surface area contributed by atoms with Crippen LogP contribution in [0.4, 0.5) is 0 Å². The molecule has 1 aromatic heterocycles. The van der Waals surface area contributed by atoms with Crippen molar-refractivity contribution in [2.24, 2.45) is 0 Å². The highest BCUT2D eigenvalue weighted by Gasteiger charge is 2.26. The Hall–Kier alpha value is -2.80. The maximum atomic E-state index is 13.0. The zero-order valence-corrected chi connectivity index (χ0v) is 18.1. The van der Waals surface area contributed by atoms with E-state index in [1.54, 1.807) is 4.90 Å². The fraction of sp³-hybridized carbons (Fsp3) is 0.318. The Morgan fingerprint density at radius 1 is 1.03 bits per heavy atom. The third-order valence-electron chi connectivity index (χ3n) is 4.67. The van der Waals surface area contributed by atoms with Crippen molar-refractivity contribution >= 4 is 17.7 Å². The fourth-order valence-electron chi connectivity index (χ4n) is 3.17. The molecule has 0 radical (unpaired) electrons. The third-order valence-corrected chi connectivity index (χ3v) is 5.60. The minimum Gasteiger partial charge on any atom is -0.336 e. The molecule has 0 saturated heterocycles. The number of carbonyl (C=O) groups excluding carboxylic acids is 1. The van der Waals surface area contributed by atoms with Crippen molar-refractivity contribution < 1.29 is 4.79 Å². The first kappa shape index (κ1) is 20.9. The SMILES string of the molecule is CN(C(=O)CSc1nnc(C(C)(C)C)n1N)C(c1ccccc1)c1ccccc1. The molecule has 0 unspecified atom stereocenters. The predicted octanol–water partition coefficient (Wildman–Crippen LogP) is 3.63. The summed E-state index contributed by atoms with van der Waals surface area (Å²) in [6, 6.07) is 19.9. The molecule has 1 amide bonds. The summed E-state index contributed by atoms with van der Waals surface area (Å²) in [6.07, 6.45) is 0. The summed E-state index contributed by atoms with van der Waals surface area (Å²) in [5, 5.41) is 8.87. The number of carbonyl (C=O) groups is 1. The molecule has 3 aromatic rings. The summed E-state index contributed by atoms with van der Waals surface area (Å²) in [5.74, 6) is 7.05. The van der Waals surface area contributed by atoms with E-state index >= 15 is 0 Å². The second-order valence-corrected chi connectivity index (χ2v) is 8.89. The van der Waals surface area contributed by atoms with Crippen LogP contribution in [0.15, 0.2) is 65.8 Å². The van der Waals surface area contributed by atoms with Gasteiger partial charge in [0.2, 0.25) is 11.1 Å². The second kappa shape index (κ2) is 8.69. The average Bonchev–Trinajstić information content (AvgIpc) is 3.08. The van der Waals surface area contributed by atoms with E-state index in [-0.39, 0.29) is 23.1 Å². The number of hydrogen-bond acceptors (Lipinski definition) is 5. The highest BCUT2D eigenvalue weighted by Crippen LogP contribution is 2.29. The smallest absolute Gasteiger partial charge is 0.233 e. The van der Waals surface area contributed by atoms with Crippen LogP contribution in [0.2, 0.25) is 0 Å². The van der Waals surface area contributed by atoms with Crippen molar-refractivity contribution in [3.63, 3.8) is 0 Å². The highest BCUT2D eigenvalue weighted by atomic mass is 32.2. The number of nitrogens with two attached hydrogens (primary N) is 1. The standard InChI is InChI=1S/C22H27N5OS/c1-22(2,3)20-24-25-21(27(20)23)29-15-18(28)26(4)19(16-11-7-5-8-12-16)17-13-9-6-10-14-17/h5-14,19H,15,23H2,1-4H3. The molecule has 0 fully saturated rings. The van der Waals surface area contributed by atoms with Crippen molar-refractivity contribution in [3.05, 3.63) is 77.6 Å². The summed E-state index contributed by atoms with van der Waals surface area (Å²) < 4.78 is 1.48. The van der Waals surface area contributed by atoms with Crippen LogP contribution in [0.5, 0.6) is 0 Å². The predicted molar refractivity (Wildman–Crippen MR) is 117 cm³/mol. The van der Waals surface area contributed by atoms with Crippen LogP contribution in [0, 0.1) is 0 Å². The van der Waals surface area contributed by atoms with Crippen molar-refractivity contribution in [1.82, 2.24) is 19.8 Å². The van der Waals surface area contributed by atoms with Crippen LogP contribution in [-0.2, 0) is 10.2 Å². The normalized spacial score (nSPS) is 11.6. The Morgan fingerprint density at radius 2 is 1.55 bits per heavy atom. The van der Waals surface area contributed by atoms with Crippen LogP contribution in [0.3, 0.4) is 0 Å².